The summed E-state index contributed by atoms with van der Waals surface area (Å²) in [6.45, 7) is 0. The zero-order valence-corrected chi connectivity index (χ0v) is 10.1. The van der Waals surface area contributed by atoms with Crippen LogP contribution in [0, 0.1) is 5.82 Å². The highest BCUT2D eigenvalue weighted by molar-refractivity contribution is 5.76. The second kappa shape index (κ2) is 5.52. The Balaban J connectivity index is 2.29. The molecule has 1 unspecified atom stereocenters. The Bertz CT molecular complexity index is 578. The van der Waals surface area contributed by atoms with Gasteiger partial charge < -0.3 is 10.2 Å². The van der Waals surface area contributed by atoms with Gasteiger partial charge in [0.2, 0.25) is 0 Å². The van der Waals surface area contributed by atoms with E-state index in [9.17, 15) is 19.4 Å². The van der Waals surface area contributed by atoms with Crippen LogP contribution >= 0.6 is 0 Å². The van der Waals surface area contributed by atoms with Gasteiger partial charge in [-0.3, -0.25) is 4.79 Å². The van der Waals surface area contributed by atoms with E-state index in [1.165, 1.54) is 30.3 Å². The summed E-state index contributed by atoms with van der Waals surface area (Å²) >= 11 is 0. The number of phenolic OH excluding ortho intramolecular Hbond substituents is 1. The molecule has 19 heavy (non-hydrogen) atoms. The molecule has 2 aromatic rings. The number of carbonyl (C=O) groups is 1. The van der Waals surface area contributed by atoms with Crippen LogP contribution in [0.4, 0.5) is 4.39 Å². The zero-order valence-electron chi connectivity index (χ0n) is 10.1. The Hall–Kier alpha value is -2.36. The first kappa shape index (κ1) is 13.1. The third-order valence-electron chi connectivity index (χ3n) is 2.99. The highest BCUT2D eigenvalue weighted by Crippen LogP contribution is 2.26. The summed E-state index contributed by atoms with van der Waals surface area (Å²) in [4.78, 5) is 11.3. The molecule has 1 atom stereocenters. The summed E-state index contributed by atoms with van der Waals surface area (Å²) in [6, 6.07) is 12.0. The third kappa shape index (κ3) is 3.10. The monoisotopic (exact) mass is 260 g/mol. The van der Waals surface area contributed by atoms with E-state index in [2.05, 4.69) is 0 Å². The maximum Gasteiger partial charge on any atom is 0.311 e. The lowest BCUT2D eigenvalue weighted by molar-refractivity contribution is -0.138. The number of rotatable bonds is 4. The highest BCUT2D eigenvalue weighted by atomic mass is 19.1. The summed E-state index contributed by atoms with van der Waals surface area (Å²) in [6.07, 6.45) is 0.160. The number of phenols is 1. The SMILES string of the molecule is O=C(O)C(Cc1ccccc1O)c1ccc(F)cc1. The first-order valence-electron chi connectivity index (χ1n) is 5.83. The van der Waals surface area contributed by atoms with Crippen molar-refractivity contribution in [1.29, 1.82) is 0 Å². The second-order valence-corrected chi connectivity index (χ2v) is 4.28. The molecule has 0 heterocycles. The van der Waals surface area contributed by atoms with Crippen molar-refractivity contribution in [2.75, 3.05) is 0 Å². The molecule has 0 aromatic heterocycles. The van der Waals surface area contributed by atoms with Gasteiger partial charge in [-0.1, -0.05) is 30.3 Å². The number of hydrogen-bond acceptors (Lipinski definition) is 2. The van der Waals surface area contributed by atoms with Crippen molar-refractivity contribution >= 4 is 5.97 Å². The van der Waals surface area contributed by atoms with E-state index in [1.54, 1.807) is 18.2 Å². The molecule has 4 heteroatoms. The van der Waals surface area contributed by atoms with Crippen LogP contribution in [0.5, 0.6) is 5.75 Å². The van der Waals surface area contributed by atoms with Gasteiger partial charge in [-0.05, 0) is 35.7 Å². The van der Waals surface area contributed by atoms with Gasteiger partial charge in [0, 0.05) is 0 Å². The van der Waals surface area contributed by atoms with Gasteiger partial charge in [-0.15, -0.1) is 0 Å². The van der Waals surface area contributed by atoms with Crippen molar-refractivity contribution in [3.05, 3.63) is 65.5 Å². The van der Waals surface area contributed by atoms with Crippen molar-refractivity contribution in [1.82, 2.24) is 0 Å². The van der Waals surface area contributed by atoms with Crippen molar-refractivity contribution in [3.8, 4) is 5.75 Å². The Labute approximate surface area is 109 Å². The van der Waals surface area contributed by atoms with Crippen molar-refractivity contribution in [3.63, 3.8) is 0 Å². The van der Waals surface area contributed by atoms with Crippen LogP contribution in [-0.4, -0.2) is 16.2 Å². The molecule has 3 nitrogen and oxygen atoms in total. The fourth-order valence-corrected chi connectivity index (χ4v) is 1.95. The van der Waals surface area contributed by atoms with E-state index in [0.29, 0.717) is 11.1 Å². The number of hydrogen-bond donors (Lipinski definition) is 2. The fourth-order valence-electron chi connectivity index (χ4n) is 1.95. The maximum atomic E-state index is 12.9. The fraction of sp³-hybridized carbons (Fsp3) is 0.133. The molecule has 0 saturated heterocycles. The molecule has 2 aromatic carbocycles. The van der Waals surface area contributed by atoms with Crippen LogP contribution in [0.1, 0.15) is 17.0 Å². The normalized spacial score (nSPS) is 12.1. The molecule has 0 aliphatic heterocycles. The Morgan fingerprint density at radius 3 is 2.32 bits per heavy atom. The molecule has 0 radical (unpaired) electrons. The summed E-state index contributed by atoms with van der Waals surface area (Å²) in [5, 5.41) is 19.0. The quantitative estimate of drug-likeness (QED) is 0.888. The molecule has 2 rings (SSSR count). The van der Waals surface area contributed by atoms with Crippen LogP contribution in [0.15, 0.2) is 48.5 Å². The van der Waals surface area contributed by atoms with E-state index in [1.807, 2.05) is 0 Å². The van der Waals surface area contributed by atoms with Gasteiger partial charge >= 0.3 is 5.97 Å². The second-order valence-electron chi connectivity index (χ2n) is 4.28. The molecule has 0 aliphatic rings. The van der Waals surface area contributed by atoms with E-state index in [-0.39, 0.29) is 12.2 Å². The van der Waals surface area contributed by atoms with Gasteiger partial charge in [-0.2, -0.15) is 0 Å². The van der Waals surface area contributed by atoms with Gasteiger partial charge in [0.05, 0.1) is 5.92 Å². The molecular weight excluding hydrogens is 247 g/mol. The lowest BCUT2D eigenvalue weighted by atomic mass is 9.92. The number of benzene rings is 2. The molecule has 98 valence electrons. The lowest BCUT2D eigenvalue weighted by Gasteiger charge is -2.13. The molecule has 0 amide bonds. The van der Waals surface area contributed by atoms with E-state index >= 15 is 0 Å². The number of halogens is 1. The van der Waals surface area contributed by atoms with Crippen LogP contribution in [0.25, 0.3) is 0 Å². The van der Waals surface area contributed by atoms with Crippen LogP contribution < -0.4 is 0 Å². The minimum atomic E-state index is -1.00. The minimum absolute atomic E-state index is 0.0656. The summed E-state index contributed by atoms with van der Waals surface area (Å²) < 4.78 is 12.9. The number of aliphatic carboxylic acids is 1. The molecule has 0 bridgehead atoms. The number of para-hydroxylation sites is 1. The van der Waals surface area contributed by atoms with Gasteiger partial charge in [0.1, 0.15) is 11.6 Å². The van der Waals surface area contributed by atoms with Gasteiger partial charge in [0.25, 0.3) is 0 Å². The third-order valence-corrected chi connectivity index (χ3v) is 2.99. The number of carboxylic acid groups (broad SMARTS) is 1. The summed E-state index contributed by atoms with van der Waals surface area (Å²) in [5.41, 5.74) is 1.07. The molecule has 2 N–H and O–H groups in total. The van der Waals surface area contributed by atoms with Crippen LogP contribution in [0.2, 0.25) is 0 Å². The average Bonchev–Trinajstić information content (AvgIpc) is 2.39. The van der Waals surface area contributed by atoms with Gasteiger partial charge in [0.15, 0.2) is 0 Å². The maximum absolute atomic E-state index is 12.9. The molecular formula is C15H13FO3. The number of aromatic hydroxyl groups is 1. The Morgan fingerprint density at radius 1 is 1.11 bits per heavy atom. The Morgan fingerprint density at radius 2 is 1.74 bits per heavy atom. The largest absolute Gasteiger partial charge is 0.508 e. The topological polar surface area (TPSA) is 57.5 Å². The van der Waals surface area contributed by atoms with E-state index in [4.69, 9.17) is 0 Å². The van der Waals surface area contributed by atoms with Crippen LogP contribution in [-0.2, 0) is 11.2 Å². The van der Waals surface area contributed by atoms with Crippen molar-refractivity contribution < 1.29 is 19.4 Å². The summed E-state index contributed by atoms with van der Waals surface area (Å²) in [5.74, 6) is -2.16. The molecule has 0 spiro atoms. The predicted molar refractivity (Wildman–Crippen MR) is 68.6 cm³/mol. The van der Waals surface area contributed by atoms with E-state index in [0.717, 1.165) is 0 Å². The molecule has 0 aliphatic carbocycles. The van der Waals surface area contributed by atoms with Crippen LogP contribution in [0.3, 0.4) is 0 Å². The standard InChI is InChI=1S/C15H13FO3/c16-12-7-5-10(6-8-12)13(15(18)19)9-11-3-1-2-4-14(11)17/h1-8,13,17H,9H2,(H,18,19). The summed E-state index contributed by atoms with van der Waals surface area (Å²) in [7, 11) is 0. The molecule has 0 fully saturated rings. The minimum Gasteiger partial charge on any atom is -0.508 e. The highest BCUT2D eigenvalue weighted by Gasteiger charge is 2.21. The van der Waals surface area contributed by atoms with Gasteiger partial charge in [-0.25, -0.2) is 4.39 Å². The molecule has 0 saturated carbocycles. The first-order chi connectivity index (χ1) is 9.08. The predicted octanol–water partition coefficient (Wildman–Crippen LogP) is 2.94. The van der Waals surface area contributed by atoms with Crippen molar-refractivity contribution in [2.24, 2.45) is 0 Å². The Kier molecular flexibility index (Phi) is 3.80. The van der Waals surface area contributed by atoms with E-state index < -0.39 is 17.7 Å². The first-order valence-corrected chi connectivity index (χ1v) is 5.83. The number of carboxylic acids is 1. The average molecular weight is 260 g/mol. The lowest BCUT2D eigenvalue weighted by Crippen LogP contribution is -2.14. The van der Waals surface area contributed by atoms with Crippen molar-refractivity contribution in [2.45, 2.75) is 12.3 Å². The smallest absolute Gasteiger partial charge is 0.311 e. The zero-order chi connectivity index (χ0) is 13.8.